The Hall–Kier alpha value is -3.35. The molecule has 0 saturated heterocycles. The van der Waals surface area contributed by atoms with E-state index in [1.165, 1.54) is 0 Å². The minimum absolute atomic E-state index is 0.0117. The van der Waals surface area contributed by atoms with E-state index in [9.17, 15) is 20.1 Å². The van der Waals surface area contributed by atoms with Gasteiger partial charge < -0.3 is 25.4 Å². The van der Waals surface area contributed by atoms with E-state index in [-0.39, 0.29) is 23.8 Å². The zero-order valence-electron chi connectivity index (χ0n) is 21.9. The molecule has 0 aliphatic rings. The van der Waals surface area contributed by atoms with Crippen LogP contribution in [0, 0.1) is 13.8 Å². The van der Waals surface area contributed by atoms with Gasteiger partial charge in [-0.1, -0.05) is 38.1 Å². The molecule has 0 amide bonds. The van der Waals surface area contributed by atoms with Crippen molar-refractivity contribution >= 4 is 5.97 Å². The molecule has 6 heteroatoms. The van der Waals surface area contributed by atoms with Crippen LogP contribution in [0.2, 0.25) is 0 Å². The van der Waals surface area contributed by atoms with Crippen molar-refractivity contribution in [1.29, 1.82) is 0 Å². The van der Waals surface area contributed by atoms with Crippen LogP contribution in [0.1, 0.15) is 72.3 Å². The number of benzene rings is 3. The van der Waals surface area contributed by atoms with E-state index >= 15 is 0 Å². The molecule has 36 heavy (non-hydrogen) atoms. The highest BCUT2D eigenvalue weighted by Gasteiger charge is 2.19. The second kappa shape index (κ2) is 11.6. The summed E-state index contributed by atoms with van der Waals surface area (Å²) in [6.45, 7) is 12.4. The first-order chi connectivity index (χ1) is 17.0. The van der Waals surface area contributed by atoms with Crippen LogP contribution >= 0.6 is 0 Å². The van der Waals surface area contributed by atoms with Crippen molar-refractivity contribution in [3.8, 4) is 22.6 Å². The van der Waals surface area contributed by atoms with Gasteiger partial charge in [-0.05, 0) is 97.3 Å². The summed E-state index contributed by atoms with van der Waals surface area (Å²) >= 11 is 0. The predicted octanol–water partition coefficient (Wildman–Crippen LogP) is 5.98. The SMILES string of the molecule is Cc1cc(-c2ccc(C(=O)O)c(C(C)C)c2)cc(C)c1OC[C@H](C)N[C@@H](C)[C@@H](O)c1ccc(O)cc1. The summed E-state index contributed by atoms with van der Waals surface area (Å²) in [6.07, 6.45) is -0.709. The summed E-state index contributed by atoms with van der Waals surface area (Å²) in [5, 5.41) is 33.0. The number of rotatable bonds is 10. The van der Waals surface area contributed by atoms with Gasteiger partial charge in [0.15, 0.2) is 0 Å². The molecule has 192 valence electrons. The number of phenolic OH excluding ortho intramolecular Hbond substituents is 1. The topological polar surface area (TPSA) is 99.0 Å². The number of carboxylic acid groups (broad SMARTS) is 1. The van der Waals surface area contributed by atoms with E-state index in [4.69, 9.17) is 4.74 Å². The molecule has 0 aliphatic carbocycles. The van der Waals surface area contributed by atoms with Crippen molar-refractivity contribution in [2.75, 3.05) is 6.61 Å². The van der Waals surface area contributed by atoms with Crippen LogP contribution in [-0.2, 0) is 0 Å². The smallest absolute Gasteiger partial charge is 0.335 e. The first-order valence-electron chi connectivity index (χ1n) is 12.3. The van der Waals surface area contributed by atoms with Crippen LogP contribution in [0.5, 0.6) is 11.5 Å². The first-order valence-corrected chi connectivity index (χ1v) is 12.3. The van der Waals surface area contributed by atoms with E-state index in [0.29, 0.717) is 12.2 Å². The summed E-state index contributed by atoms with van der Waals surface area (Å²) in [6, 6.07) is 16.0. The van der Waals surface area contributed by atoms with Crippen molar-refractivity contribution < 1.29 is 24.9 Å². The Morgan fingerprint density at radius 2 is 1.53 bits per heavy atom. The largest absolute Gasteiger partial charge is 0.508 e. The molecular formula is C30H37NO5. The molecular weight excluding hydrogens is 454 g/mol. The maximum absolute atomic E-state index is 11.6. The third kappa shape index (κ3) is 6.45. The Bertz CT molecular complexity index is 1180. The average Bonchev–Trinajstić information content (AvgIpc) is 2.82. The van der Waals surface area contributed by atoms with Gasteiger partial charge >= 0.3 is 5.97 Å². The zero-order chi connectivity index (χ0) is 26.6. The fraction of sp³-hybridized carbons (Fsp3) is 0.367. The lowest BCUT2D eigenvalue weighted by Crippen LogP contribution is -2.41. The Morgan fingerprint density at radius 1 is 0.917 bits per heavy atom. The fourth-order valence-electron chi connectivity index (χ4n) is 4.52. The van der Waals surface area contributed by atoms with E-state index in [1.54, 1.807) is 30.3 Å². The van der Waals surface area contributed by atoms with Crippen LogP contribution in [0.4, 0.5) is 0 Å². The van der Waals surface area contributed by atoms with Crippen molar-refractivity contribution in [1.82, 2.24) is 5.32 Å². The van der Waals surface area contributed by atoms with Gasteiger partial charge in [-0.3, -0.25) is 0 Å². The van der Waals surface area contributed by atoms with Crippen molar-refractivity contribution in [2.24, 2.45) is 0 Å². The maximum Gasteiger partial charge on any atom is 0.335 e. The molecule has 0 heterocycles. The molecule has 3 rings (SSSR count). The number of aromatic hydroxyl groups is 1. The van der Waals surface area contributed by atoms with Gasteiger partial charge in [-0.2, -0.15) is 0 Å². The minimum Gasteiger partial charge on any atom is -0.508 e. The quantitative estimate of drug-likeness (QED) is 0.279. The molecule has 3 aromatic carbocycles. The second-order valence-electron chi connectivity index (χ2n) is 9.90. The van der Waals surface area contributed by atoms with Gasteiger partial charge in [0.05, 0.1) is 11.7 Å². The lowest BCUT2D eigenvalue weighted by Gasteiger charge is -2.25. The standard InChI is InChI=1S/C30H37NO5/c1-17(2)27-15-23(9-12-26(27)30(34)35)24-13-18(3)29(19(4)14-24)36-16-20(5)31-21(6)28(33)22-7-10-25(32)11-8-22/h7-15,17,20-21,28,31-33H,16H2,1-6H3,(H,34,35)/t20-,21-,28+/m0/s1. The molecule has 0 radical (unpaired) electrons. The Labute approximate surface area is 213 Å². The van der Waals surface area contributed by atoms with Gasteiger partial charge in [-0.15, -0.1) is 0 Å². The lowest BCUT2D eigenvalue weighted by molar-refractivity contribution is 0.0695. The third-order valence-corrected chi connectivity index (χ3v) is 6.43. The minimum atomic E-state index is -0.908. The molecule has 0 spiro atoms. The molecule has 0 aliphatic heterocycles. The van der Waals surface area contributed by atoms with E-state index < -0.39 is 12.1 Å². The second-order valence-corrected chi connectivity index (χ2v) is 9.90. The highest BCUT2D eigenvalue weighted by atomic mass is 16.5. The maximum atomic E-state index is 11.6. The van der Waals surface area contributed by atoms with E-state index in [2.05, 4.69) is 17.4 Å². The average molecular weight is 492 g/mol. The Balaban J connectivity index is 1.69. The number of carboxylic acids is 1. The van der Waals surface area contributed by atoms with Gasteiger partial charge in [0, 0.05) is 12.1 Å². The molecule has 3 atom stereocenters. The Morgan fingerprint density at radius 3 is 2.08 bits per heavy atom. The fourth-order valence-corrected chi connectivity index (χ4v) is 4.52. The van der Waals surface area contributed by atoms with Crippen LogP contribution in [-0.4, -0.2) is 40.0 Å². The van der Waals surface area contributed by atoms with Gasteiger partial charge in [0.25, 0.3) is 0 Å². The number of aliphatic hydroxyl groups is 1. The number of hydrogen-bond donors (Lipinski definition) is 4. The summed E-state index contributed by atoms with van der Waals surface area (Å²) in [5.41, 5.74) is 5.90. The zero-order valence-corrected chi connectivity index (χ0v) is 21.9. The van der Waals surface area contributed by atoms with Gasteiger partial charge in [0.2, 0.25) is 0 Å². The summed E-state index contributed by atoms with van der Waals surface area (Å²) in [4.78, 5) is 11.6. The summed E-state index contributed by atoms with van der Waals surface area (Å²) in [5.74, 6) is 0.187. The molecule has 0 fully saturated rings. The highest BCUT2D eigenvalue weighted by molar-refractivity contribution is 5.90. The molecule has 0 unspecified atom stereocenters. The molecule has 3 aromatic rings. The normalized spacial score (nSPS) is 13.9. The van der Waals surface area contributed by atoms with Crippen molar-refractivity contribution in [3.63, 3.8) is 0 Å². The number of phenols is 1. The van der Waals surface area contributed by atoms with E-state index in [1.807, 2.05) is 53.7 Å². The number of carbonyl (C=O) groups is 1. The monoisotopic (exact) mass is 491 g/mol. The number of nitrogens with one attached hydrogen (secondary N) is 1. The molecule has 0 saturated carbocycles. The number of ether oxygens (including phenoxy) is 1. The molecule has 0 bridgehead atoms. The molecule has 4 N–H and O–H groups in total. The highest BCUT2D eigenvalue weighted by Crippen LogP contribution is 2.33. The van der Waals surface area contributed by atoms with Crippen molar-refractivity contribution in [2.45, 2.75) is 65.6 Å². The van der Waals surface area contributed by atoms with Crippen LogP contribution in [0.3, 0.4) is 0 Å². The summed E-state index contributed by atoms with van der Waals surface area (Å²) in [7, 11) is 0. The molecule has 6 nitrogen and oxygen atoms in total. The number of aromatic carboxylic acids is 1. The van der Waals surface area contributed by atoms with E-state index in [0.717, 1.165) is 39.1 Å². The van der Waals surface area contributed by atoms with Crippen LogP contribution < -0.4 is 10.1 Å². The van der Waals surface area contributed by atoms with Crippen LogP contribution in [0.15, 0.2) is 54.6 Å². The lowest BCUT2D eigenvalue weighted by atomic mass is 9.91. The molecule has 0 aromatic heterocycles. The number of aliphatic hydroxyl groups excluding tert-OH is 1. The Kier molecular flexibility index (Phi) is 8.77. The van der Waals surface area contributed by atoms with Gasteiger partial charge in [0.1, 0.15) is 18.1 Å². The third-order valence-electron chi connectivity index (χ3n) is 6.43. The van der Waals surface area contributed by atoms with Crippen molar-refractivity contribution in [3.05, 3.63) is 82.4 Å². The number of aryl methyl sites for hydroxylation is 2. The summed E-state index contributed by atoms with van der Waals surface area (Å²) < 4.78 is 6.18. The predicted molar refractivity (Wildman–Crippen MR) is 143 cm³/mol. The van der Waals surface area contributed by atoms with Crippen LogP contribution in [0.25, 0.3) is 11.1 Å². The number of hydrogen-bond acceptors (Lipinski definition) is 5. The van der Waals surface area contributed by atoms with Gasteiger partial charge in [-0.25, -0.2) is 4.79 Å². The first kappa shape index (κ1) is 27.2.